The number of nitrogens with zero attached hydrogens (tertiary/aromatic N) is 2. The van der Waals surface area contributed by atoms with Crippen molar-refractivity contribution in [3.63, 3.8) is 0 Å². The van der Waals surface area contributed by atoms with Crippen LogP contribution in [0.1, 0.15) is 24.1 Å². The topological polar surface area (TPSA) is 109 Å². The van der Waals surface area contributed by atoms with Crippen LogP contribution in [0.5, 0.6) is 11.5 Å². The Bertz CT molecular complexity index is 941. The molecule has 29 heavy (non-hydrogen) atoms. The number of aliphatic hydroxyl groups is 1. The van der Waals surface area contributed by atoms with E-state index < -0.39 is 17.7 Å². The first-order chi connectivity index (χ1) is 14.0. The molecule has 0 aliphatic carbocycles. The third kappa shape index (κ3) is 3.93. The Morgan fingerprint density at radius 2 is 1.93 bits per heavy atom. The lowest BCUT2D eigenvalue weighted by molar-refractivity contribution is -0.140. The molecule has 2 heterocycles. The zero-order chi connectivity index (χ0) is 21.0. The summed E-state index contributed by atoms with van der Waals surface area (Å²) in [6.07, 6.45) is 2.97. The number of pyridine rings is 1. The van der Waals surface area contributed by atoms with Crippen LogP contribution in [-0.2, 0) is 14.3 Å². The molecular formula is C21H22N2O6. The van der Waals surface area contributed by atoms with Crippen molar-refractivity contribution in [1.29, 1.82) is 0 Å². The molecule has 1 aromatic carbocycles. The summed E-state index contributed by atoms with van der Waals surface area (Å²) in [5.74, 6) is -1.63. The summed E-state index contributed by atoms with van der Waals surface area (Å²) in [6, 6.07) is 6.85. The highest BCUT2D eigenvalue weighted by molar-refractivity contribution is 6.46. The number of aromatic hydroxyl groups is 1. The molecule has 1 fully saturated rings. The van der Waals surface area contributed by atoms with Crippen molar-refractivity contribution in [3.8, 4) is 11.5 Å². The minimum atomic E-state index is -0.849. The van der Waals surface area contributed by atoms with E-state index in [9.17, 15) is 19.8 Å². The maximum atomic E-state index is 12.8. The van der Waals surface area contributed by atoms with Gasteiger partial charge >= 0.3 is 0 Å². The van der Waals surface area contributed by atoms with Gasteiger partial charge in [0.15, 0.2) is 11.5 Å². The predicted molar refractivity (Wildman–Crippen MR) is 104 cm³/mol. The Kier molecular flexibility index (Phi) is 6.13. The number of carbonyl (C=O) groups is 2. The van der Waals surface area contributed by atoms with Crippen molar-refractivity contribution in [2.45, 2.75) is 13.0 Å². The first kappa shape index (κ1) is 20.3. The van der Waals surface area contributed by atoms with E-state index >= 15 is 0 Å². The molecule has 1 aliphatic heterocycles. The number of Topliss-reactive ketones (excluding diaryl/α,β-unsaturated/α-hetero) is 1. The summed E-state index contributed by atoms with van der Waals surface area (Å²) in [5.41, 5.74) is 0.862. The SMILES string of the molecule is CCOc1cc(C2/C(=C(\O)c3ccncc3)C(=O)C(=O)N2CCOC)ccc1O. The van der Waals surface area contributed by atoms with Crippen LogP contribution in [-0.4, -0.2) is 58.7 Å². The summed E-state index contributed by atoms with van der Waals surface area (Å²) in [4.78, 5) is 30.8. The summed E-state index contributed by atoms with van der Waals surface area (Å²) in [5, 5.41) is 20.9. The highest BCUT2D eigenvalue weighted by atomic mass is 16.5. The average Bonchev–Trinajstić information content (AvgIpc) is 2.98. The fourth-order valence-electron chi connectivity index (χ4n) is 3.28. The standard InChI is InChI=1S/C21H22N2O6/c1-3-29-16-12-14(4-5-15(16)24)18-17(19(25)13-6-8-22-9-7-13)20(26)21(27)23(18)10-11-28-2/h4-9,12,18,24-25H,3,10-11H2,1-2H3/b19-17+. The number of amides is 1. The van der Waals surface area contributed by atoms with Gasteiger partial charge in [0.25, 0.3) is 11.7 Å². The molecular weight excluding hydrogens is 376 g/mol. The molecule has 1 aromatic heterocycles. The summed E-state index contributed by atoms with van der Waals surface area (Å²) < 4.78 is 10.5. The first-order valence-corrected chi connectivity index (χ1v) is 9.13. The molecule has 8 nitrogen and oxygen atoms in total. The van der Waals surface area contributed by atoms with Crippen LogP contribution >= 0.6 is 0 Å². The zero-order valence-corrected chi connectivity index (χ0v) is 16.2. The van der Waals surface area contributed by atoms with Gasteiger partial charge in [-0.05, 0) is 36.8 Å². The molecule has 0 spiro atoms. The molecule has 8 heteroatoms. The summed E-state index contributed by atoms with van der Waals surface area (Å²) in [6.45, 7) is 2.48. The third-order valence-corrected chi connectivity index (χ3v) is 4.63. The molecule has 152 valence electrons. The molecule has 0 saturated carbocycles. The van der Waals surface area contributed by atoms with Crippen LogP contribution in [0.25, 0.3) is 5.76 Å². The number of rotatable bonds is 7. The van der Waals surface area contributed by atoms with E-state index in [4.69, 9.17) is 9.47 Å². The number of phenolic OH excluding ortho intramolecular Hbond substituents is 1. The molecule has 3 rings (SSSR count). The lowest BCUT2D eigenvalue weighted by atomic mass is 9.95. The molecule has 1 saturated heterocycles. The number of carbonyl (C=O) groups excluding carboxylic acids is 2. The maximum absolute atomic E-state index is 12.8. The van der Waals surface area contributed by atoms with Crippen molar-refractivity contribution < 1.29 is 29.3 Å². The molecule has 1 unspecified atom stereocenters. The Labute approximate surface area is 168 Å². The Hall–Kier alpha value is -3.39. The third-order valence-electron chi connectivity index (χ3n) is 4.63. The number of ketones is 1. The number of aliphatic hydroxyl groups excluding tert-OH is 1. The van der Waals surface area contributed by atoms with Crippen LogP contribution in [0.2, 0.25) is 0 Å². The van der Waals surface area contributed by atoms with Gasteiger partial charge in [0, 0.05) is 31.6 Å². The van der Waals surface area contributed by atoms with Gasteiger partial charge in [0.2, 0.25) is 0 Å². The van der Waals surface area contributed by atoms with E-state index in [1.54, 1.807) is 31.2 Å². The molecule has 1 aliphatic rings. The van der Waals surface area contributed by atoms with Gasteiger partial charge in [-0.1, -0.05) is 6.07 Å². The fourth-order valence-corrected chi connectivity index (χ4v) is 3.28. The zero-order valence-electron chi connectivity index (χ0n) is 16.2. The Morgan fingerprint density at radius 3 is 2.59 bits per heavy atom. The average molecular weight is 398 g/mol. The first-order valence-electron chi connectivity index (χ1n) is 9.13. The van der Waals surface area contributed by atoms with E-state index in [-0.39, 0.29) is 36.0 Å². The van der Waals surface area contributed by atoms with Crippen molar-refractivity contribution in [1.82, 2.24) is 9.88 Å². The van der Waals surface area contributed by atoms with Crippen molar-refractivity contribution in [3.05, 3.63) is 59.4 Å². The smallest absolute Gasteiger partial charge is 0.295 e. The quantitative estimate of drug-likeness (QED) is 0.418. The molecule has 2 aromatic rings. The number of phenols is 1. The lowest BCUT2D eigenvalue weighted by Gasteiger charge is -2.25. The Morgan fingerprint density at radius 1 is 1.21 bits per heavy atom. The van der Waals surface area contributed by atoms with Crippen molar-refractivity contribution in [2.75, 3.05) is 26.9 Å². The van der Waals surface area contributed by atoms with E-state index in [0.29, 0.717) is 17.7 Å². The van der Waals surface area contributed by atoms with E-state index in [2.05, 4.69) is 4.98 Å². The number of hydrogen-bond acceptors (Lipinski definition) is 7. The van der Waals surface area contributed by atoms with E-state index in [1.165, 1.54) is 30.5 Å². The van der Waals surface area contributed by atoms with E-state index in [0.717, 1.165) is 0 Å². The number of benzene rings is 1. The van der Waals surface area contributed by atoms with Gasteiger partial charge in [-0.15, -0.1) is 0 Å². The largest absolute Gasteiger partial charge is 0.507 e. The van der Waals surface area contributed by atoms with Crippen LogP contribution < -0.4 is 4.74 Å². The maximum Gasteiger partial charge on any atom is 0.295 e. The van der Waals surface area contributed by atoms with Gasteiger partial charge < -0.3 is 24.6 Å². The molecule has 1 amide bonds. The van der Waals surface area contributed by atoms with Crippen LogP contribution in [0.3, 0.4) is 0 Å². The monoisotopic (exact) mass is 398 g/mol. The molecule has 1 atom stereocenters. The Balaban J connectivity index is 2.17. The van der Waals surface area contributed by atoms with Crippen LogP contribution in [0.15, 0.2) is 48.3 Å². The minimum Gasteiger partial charge on any atom is -0.507 e. The lowest BCUT2D eigenvalue weighted by Crippen LogP contribution is -2.32. The highest BCUT2D eigenvalue weighted by Gasteiger charge is 2.46. The molecule has 0 radical (unpaired) electrons. The minimum absolute atomic E-state index is 0.0366. The number of aromatic nitrogens is 1. The number of ether oxygens (including phenoxy) is 2. The van der Waals surface area contributed by atoms with Gasteiger partial charge in [0.05, 0.1) is 24.8 Å². The molecule has 2 N–H and O–H groups in total. The second-order valence-electron chi connectivity index (χ2n) is 6.38. The summed E-state index contributed by atoms with van der Waals surface area (Å²) >= 11 is 0. The van der Waals surface area contributed by atoms with Crippen LogP contribution in [0.4, 0.5) is 0 Å². The fraction of sp³-hybridized carbons (Fsp3) is 0.286. The van der Waals surface area contributed by atoms with Crippen molar-refractivity contribution >= 4 is 17.4 Å². The highest BCUT2D eigenvalue weighted by Crippen LogP contribution is 2.41. The summed E-state index contributed by atoms with van der Waals surface area (Å²) in [7, 11) is 1.50. The van der Waals surface area contributed by atoms with Gasteiger partial charge in [-0.3, -0.25) is 14.6 Å². The number of hydrogen-bond donors (Lipinski definition) is 2. The molecule has 0 bridgehead atoms. The number of methoxy groups -OCH3 is 1. The van der Waals surface area contributed by atoms with Gasteiger partial charge in [-0.25, -0.2) is 0 Å². The van der Waals surface area contributed by atoms with E-state index in [1.807, 2.05) is 0 Å². The second-order valence-corrected chi connectivity index (χ2v) is 6.38. The van der Waals surface area contributed by atoms with Gasteiger partial charge in [0.1, 0.15) is 5.76 Å². The van der Waals surface area contributed by atoms with Crippen molar-refractivity contribution in [2.24, 2.45) is 0 Å². The predicted octanol–water partition coefficient (Wildman–Crippen LogP) is 2.25. The normalized spacial score (nSPS) is 18.3. The second kappa shape index (κ2) is 8.74. The van der Waals surface area contributed by atoms with Gasteiger partial charge in [-0.2, -0.15) is 0 Å². The van der Waals surface area contributed by atoms with Crippen LogP contribution in [0, 0.1) is 0 Å². The number of likely N-dealkylation sites (tertiary alicyclic amines) is 1.